The Kier molecular flexibility index (Phi) is 10.7. The Morgan fingerprint density at radius 2 is 1.26 bits per heavy atom. The number of nitrogens with one attached hydrogen (secondary N) is 2. The zero-order chi connectivity index (χ0) is 25.2. The van der Waals surface area contributed by atoms with Crippen molar-refractivity contribution in [2.45, 2.75) is 61.7 Å². The SMILES string of the molecule is Cc1ccc(S(=O)(=O)NCCCN(CCCNS(=O)(=O)c2ccccc2)CC2CCCCC2)cc1. The Balaban J connectivity index is 1.47. The van der Waals surface area contributed by atoms with E-state index in [1.165, 1.54) is 32.1 Å². The van der Waals surface area contributed by atoms with Crippen molar-refractivity contribution in [1.29, 1.82) is 0 Å². The second-order valence-electron chi connectivity index (χ2n) is 9.43. The highest BCUT2D eigenvalue weighted by molar-refractivity contribution is 7.89. The van der Waals surface area contributed by atoms with Crippen LogP contribution in [0.1, 0.15) is 50.5 Å². The Bertz CT molecular complexity index is 1100. The van der Waals surface area contributed by atoms with Crippen LogP contribution >= 0.6 is 0 Å². The van der Waals surface area contributed by atoms with Gasteiger partial charge in [-0.15, -0.1) is 0 Å². The van der Waals surface area contributed by atoms with Gasteiger partial charge in [-0.1, -0.05) is 55.2 Å². The van der Waals surface area contributed by atoms with Crippen LogP contribution in [0.4, 0.5) is 0 Å². The molecular formula is C26H39N3O4S2. The van der Waals surface area contributed by atoms with Gasteiger partial charge in [0.05, 0.1) is 9.79 Å². The van der Waals surface area contributed by atoms with Crippen molar-refractivity contribution in [2.75, 3.05) is 32.7 Å². The molecule has 0 saturated heterocycles. The first-order chi connectivity index (χ1) is 16.8. The van der Waals surface area contributed by atoms with E-state index < -0.39 is 20.0 Å². The fourth-order valence-electron chi connectivity index (χ4n) is 4.53. The maximum absolute atomic E-state index is 12.5. The van der Waals surface area contributed by atoms with E-state index in [1.54, 1.807) is 54.6 Å². The summed E-state index contributed by atoms with van der Waals surface area (Å²) < 4.78 is 55.4. The maximum atomic E-state index is 12.5. The third kappa shape index (κ3) is 9.31. The molecule has 0 aliphatic heterocycles. The normalized spacial score (nSPS) is 15.5. The minimum absolute atomic E-state index is 0.278. The molecule has 2 aromatic carbocycles. The lowest BCUT2D eigenvalue weighted by atomic mass is 9.89. The van der Waals surface area contributed by atoms with Gasteiger partial charge in [0, 0.05) is 19.6 Å². The summed E-state index contributed by atoms with van der Waals surface area (Å²) in [6, 6.07) is 15.3. The van der Waals surface area contributed by atoms with E-state index in [9.17, 15) is 16.8 Å². The molecule has 1 saturated carbocycles. The molecule has 194 valence electrons. The van der Waals surface area contributed by atoms with E-state index in [4.69, 9.17) is 0 Å². The van der Waals surface area contributed by atoms with Crippen LogP contribution in [-0.2, 0) is 20.0 Å². The van der Waals surface area contributed by atoms with Crippen molar-refractivity contribution in [3.8, 4) is 0 Å². The number of aryl methyl sites for hydroxylation is 1. The van der Waals surface area contributed by atoms with Crippen LogP contribution in [0.3, 0.4) is 0 Å². The van der Waals surface area contributed by atoms with Gasteiger partial charge in [-0.2, -0.15) is 0 Å². The Morgan fingerprint density at radius 1 is 0.743 bits per heavy atom. The van der Waals surface area contributed by atoms with Crippen LogP contribution in [0.2, 0.25) is 0 Å². The van der Waals surface area contributed by atoms with Gasteiger partial charge in [-0.3, -0.25) is 0 Å². The number of hydrogen-bond donors (Lipinski definition) is 2. The number of nitrogens with zero attached hydrogens (tertiary/aromatic N) is 1. The molecular weight excluding hydrogens is 482 g/mol. The molecule has 0 bridgehead atoms. The molecule has 0 unspecified atom stereocenters. The van der Waals surface area contributed by atoms with Crippen LogP contribution in [0.15, 0.2) is 64.4 Å². The highest BCUT2D eigenvalue weighted by atomic mass is 32.2. The van der Waals surface area contributed by atoms with Crippen molar-refractivity contribution in [2.24, 2.45) is 5.92 Å². The first-order valence-electron chi connectivity index (χ1n) is 12.6. The number of hydrogen-bond acceptors (Lipinski definition) is 5. The fraction of sp³-hybridized carbons (Fsp3) is 0.538. The average molecular weight is 522 g/mol. The van der Waals surface area contributed by atoms with Crippen LogP contribution in [0.5, 0.6) is 0 Å². The molecule has 0 atom stereocenters. The molecule has 2 N–H and O–H groups in total. The minimum atomic E-state index is -3.51. The van der Waals surface area contributed by atoms with Crippen LogP contribution in [-0.4, -0.2) is 54.5 Å². The van der Waals surface area contributed by atoms with Gasteiger partial charge < -0.3 is 4.90 Å². The highest BCUT2D eigenvalue weighted by Crippen LogP contribution is 2.24. The number of benzene rings is 2. The number of rotatable bonds is 14. The molecule has 0 heterocycles. The van der Waals surface area contributed by atoms with E-state index in [2.05, 4.69) is 14.3 Å². The molecule has 0 radical (unpaired) electrons. The quantitative estimate of drug-likeness (QED) is 0.368. The van der Waals surface area contributed by atoms with E-state index in [0.29, 0.717) is 31.8 Å². The summed E-state index contributed by atoms with van der Waals surface area (Å²) in [5, 5.41) is 0. The second kappa shape index (κ2) is 13.5. The average Bonchev–Trinajstić information content (AvgIpc) is 2.85. The van der Waals surface area contributed by atoms with Gasteiger partial charge in [0.1, 0.15) is 0 Å². The Morgan fingerprint density at radius 3 is 1.80 bits per heavy atom. The molecule has 1 fully saturated rings. The van der Waals surface area contributed by atoms with Crippen LogP contribution < -0.4 is 9.44 Å². The molecule has 7 nitrogen and oxygen atoms in total. The molecule has 0 amide bonds. The predicted octanol–water partition coefficient (Wildman–Crippen LogP) is 3.91. The summed E-state index contributed by atoms with van der Waals surface area (Å²) in [6.45, 7) is 5.21. The minimum Gasteiger partial charge on any atom is -0.303 e. The summed E-state index contributed by atoms with van der Waals surface area (Å²) >= 11 is 0. The summed E-state index contributed by atoms with van der Waals surface area (Å²) in [7, 11) is -7.01. The van der Waals surface area contributed by atoms with Gasteiger partial charge in [-0.05, 0) is 75.9 Å². The largest absolute Gasteiger partial charge is 0.303 e. The van der Waals surface area contributed by atoms with Crippen molar-refractivity contribution in [3.63, 3.8) is 0 Å². The summed E-state index contributed by atoms with van der Waals surface area (Å²) in [5.74, 6) is 0.661. The summed E-state index contributed by atoms with van der Waals surface area (Å²) in [5.41, 5.74) is 1.02. The smallest absolute Gasteiger partial charge is 0.240 e. The third-order valence-corrected chi connectivity index (χ3v) is 9.47. The highest BCUT2D eigenvalue weighted by Gasteiger charge is 2.19. The maximum Gasteiger partial charge on any atom is 0.240 e. The molecule has 1 aliphatic rings. The fourth-order valence-corrected chi connectivity index (χ4v) is 6.70. The van der Waals surface area contributed by atoms with E-state index in [-0.39, 0.29) is 9.79 Å². The lowest BCUT2D eigenvalue weighted by molar-refractivity contribution is 0.197. The summed E-state index contributed by atoms with van der Waals surface area (Å²) in [6.07, 6.45) is 7.71. The molecule has 2 aromatic rings. The van der Waals surface area contributed by atoms with E-state index in [0.717, 1.165) is 25.2 Å². The van der Waals surface area contributed by atoms with Crippen molar-refractivity contribution in [3.05, 3.63) is 60.2 Å². The van der Waals surface area contributed by atoms with Gasteiger partial charge in [0.15, 0.2) is 0 Å². The van der Waals surface area contributed by atoms with Gasteiger partial charge in [-0.25, -0.2) is 26.3 Å². The van der Waals surface area contributed by atoms with Crippen molar-refractivity contribution >= 4 is 20.0 Å². The summed E-state index contributed by atoms with van der Waals surface area (Å²) in [4.78, 5) is 2.93. The van der Waals surface area contributed by atoms with Crippen molar-refractivity contribution < 1.29 is 16.8 Å². The predicted molar refractivity (Wildman–Crippen MR) is 140 cm³/mol. The van der Waals surface area contributed by atoms with Crippen LogP contribution in [0, 0.1) is 12.8 Å². The molecule has 0 aromatic heterocycles. The first kappa shape index (κ1) is 27.8. The lowest BCUT2D eigenvalue weighted by Gasteiger charge is -2.30. The van der Waals surface area contributed by atoms with Crippen LogP contribution in [0.25, 0.3) is 0 Å². The lowest BCUT2D eigenvalue weighted by Crippen LogP contribution is -2.36. The van der Waals surface area contributed by atoms with Gasteiger partial charge >= 0.3 is 0 Å². The monoisotopic (exact) mass is 521 g/mol. The molecule has 3 rings (SSSR count). The second-order valence-corrected chi connectivity index (χ2v) is 13.0. The molecule has 0 spiro atoms. The van der Waals surface area contributed by atoms with E-state index in [1.807, 2.05) is 6.92 Å². The Hall–Kier alpha value is -1.78. The Labute approximate surface area is 211 Å². The van der Waals surface area contributed by atoms with Crippen molar-refractivity contribution in [1.82, 2.24) is 14.3 Å². The third-order valence-electron chi connectivity index (χ3n) is 6.51. The standard InChI is InChI=1S/C26H39N3O4S2/c1-23-14-16-26(17-15-23)35(32,33)28-19-9-21-29(22-24-10-4-2-5-11-24)20-8-18-27-34(30,31)25-12-6-3-7-13-25/h3,6-7,12-17,24,27-28H,2,4-5,8-11,18-22H2,1H3. The van der Waals surface area contributed by atoms with E-state index >= 15 is 0 Å². The zero-order valence-electron chi connectivity index (χ0n) is 20.7. The molecule has 35 heavy (non-hydrogen) atoms. The zero-order valence-corrected chi connectivity index (χ0v) is 22.3. The number of sulfonamides is 2. The molecule has 1 aliphatic carbocycles. The molecule has 9 heteroatoms. The van der Waals surface area contributed by atoms with Gasteiger partial charge in [0.2, 0.25) is 20.0 Å². The van der Waals surface area contributed by atoms with Gasteiger partial charge in [0.25, 0.3) is 0 Å². The topological polar surface area (TPSA) is 95.6 Å². The first-order valence-corrected chi connectivity index (χ1v) is 15.6.